The van der Waals surface area contributed by atoms with Crippen LogP contribution in [0.25, 0.3) is 0 Å². The highest BCUT2D eigenvalue weighted by molar-refractivity contribution is 7.89. The van der Waals surface area contributed by atoms with Crippen LogP contribution in [0.5, 0.6) is 0 Å². The summed E-state index contributed by atoms with van der Waals surface area (Å²) in [5.41, 5.74) is 6.48. The van der Waals surface area contributed by atoms with Gasteiger partial charge in [-0.3, -0.25) is 0 Å². The molecule has 0 radical (unpaired) electrons. The molecule has 5 N–H and O–H groups in total. The molecule has 0 aromatic heterocycles. The minimum absolute atomic E-state index is 0.0355. The maximum atomic E-state index is 11.6. The maximum absolute atomic E-state index is 11.6. The van der Waals surface area contributed by atoms with Crippen LogP contribution in [0, 0.1) is 0 Å². The van der Waals surface area contributed by atoms with E-state index in [1.807, 2.05) is 0 Å². The Hall–Kier alpha value is -1.31. The number of nitrogen functional groups attached to an aromatic ring is 1. The Morgan fingerprint density at radius 2 is 2.11 bits per heavy atom. The van der Waals surface area contributed by atoms with Crippen LogP contribution in [0.15, 0.2) is 23.1 Å². The van der Waals surface area contributed by atoms with Gasteiger partial charge in [0, 0.05) is 18.8 Å². The summed E-state index contributed by atoms with van der Waals surface area (Å²) in [7, 11) is -2.10. The summed E-state index contributed by atoms with van der Waals surface area (Å²) in [6, 6.07) is 4.86. The molecular formula is C12H19N3O3S. The van der Waals surface area contributed by atoms with Crippen molar-refractivity contribution in [2.24, 2.45) is 5.14 Å². The van der Waals surface area contributed by atoms with Gasteiger partial charge in [0.25, 0.3) is 0 Å². The molecule has 0 spiro atoms. The summed E-state index contributed by atoms with van der Waals surface area (Å²) >= 11 is 0. The molecule has 1 aliphatic rings. The third-order valence-electron chi connectivity index (χ3n) is 3.39. The summed E-state index contributed by atoms with van der Waals surface area (Å²) in [6.45, 7) is 0. The summed E-state index contributed by atoms with van der Waals surface area (Å²) in [6.07, 6.45) is 2.98. The molecule has 106 valence electrons. The van der Waals surface area contributed by atoms with Crippen LogP contribution >= 0.6 is 0 Å². The monoisotopic (exact) mass is 285 g/mol. The van der Waals surface area contributed by atoms with E-state index in [9.17, 15) is 8.42 Å². The van der Waals surface area contributed by atoms with Gasteiger partial charge in [0.2, 0.25) is 10.0 Å². The Balaban J connectivity index is 2.21. The summed E-state index contributed by atoms with van der Waals surface area (Å²) in [5, 5.41) is 8.42. The Kier molecular flexibility index (Phi) is 3.98. The lowest BCUT2D eigenvalue weighted by molar-refractivity contribution is 0.108. The number of nitrogens with one attached hydrogen (secondary N) is 1. The second-order valence-electron chi connectivity index (χ2n) is 4.81. The quantitative estimate of drug-likeness (QED) is 0.712. The van der Waals surface area contributed by atoms with Gasteiger partial charge in [0.15, 0.2) is 0 Å². The normalized spacial score (nSPS) is 23.5. The van der Waals surface area contributed by atoms with Crippen molar-refractivity contribution in [1.29, 1.82) is 0 Å². The van der Waals surface area contributed by atoms with Crippen molar-refractivity contribution in [2.75, 3.05) is 18.2 Å². The molecule has 0 saturated heterocycles. The third-order valence-corrected chi connectivity index (χ3v) is 4.34. The van der Waals surface area contributed by atoms with E-state index >= 15 is 0 Å². The Morgan fingerprint density at radius 1 is 1.37 bits per heavy atom. The number of benzene rings is 1. The second kappa shape index (κ2) is 5.36. The molecule has 1 fully saturated rings. The van der Waals surface area contributed by atoms with E-state index in [1.165, 1.54) is 6.07 Å². The highest BCUT2D eigenvalue weighted by atomic mass is 32.2. The van der Waals surface area contributed by atoms with Gasteiger partial charge >= 0.3 is 0 Å². The van der Waals surface area contributed by atoms with Crippen LogP contribution in [-0.2, 0) is 14.8 Å². The molecule has 0 heterocycles. The van der Waals surface area contributed by atoms with Crippen molar-refractivity contribution in [2.45, 2.75) is 36.3 Å². The minimum atomic E-state index is -3.79. The van der Waals surface area contributed by atoms with Crippen molar-refractivity contribution >= 4 is 21.4 Å². The van der Waals surface area contributed by atoms with Crippen molar-refractivity contribution < 1.29 is 13.2 Å². The Labute approximate surface area is 113 Å². The van der Waals surface area contributed by atoms with Crippen LogP contribution in [0.4, 0.5) is 11.4 Å². The number of rotatable bonds is 4. The zero-order valence-corrected chi connectivity index (χ0v) is 11.6. The first kappa shape index (κ1) is 14.1. The van der Waals surface area contributed by atoms with Gasteiger partial charge in [-0.15, -0.1) is 0 Å². The summed E-state index contributed by atoms with van der Waals surface area (Å²) in [4.78, 5) is 0.0355. The number of nitrogens with two attached hydrogens (primary N) is 2. The SMILES string of the molecule is COC1CCC(Nc2ccc(N)cc2S(N)(=O)=O)C1. The Bertz CT molecular complexity index is 559. The fourth-order valence-electron chi connectivity index (χ4n) is 2.40. The molecular weight excluding hydrogens is 266 g/mol. The van der Waals surface area contributed by atoms with E-state index in [0.29, 0.717) is 11.4 Å². The van der Waals surface area contributed by atoms with Crippen molar-refractivity contribution in [3.63, 3.8) is 0 Å². The van der Waals surface area contributed by atoms with E-state index in [0.717, 1.165) is 19.3 Å². The van der Waals surface area contributed by atoms with Crippen LogP contribution in [0.2, 0.25) is 0 Å². The maximum Gasteiger partial charge on any atom is 0.240 e. The van der Waals surface area contributed by atoms with Gasteiger partial charge < -0.3 is 15.8 Å². The van der Waals surface area contributed by atoms with Gasteiger partial charge in [-0.2, -0.15) is 0 Å². The van der Waals surface area contributed by atoms with Crippen molar-refractivity contribution in [3.05, 3.63) is 18.2 Å². The summed E-state index contributed by atoms with van der Waals surface area (Å²) < 4.78 is 28.4. The fourth-order valence-corrected chi connectivity index (χ4v) is 3.13. The predicted octanol–water partition coefficient (Wildman–Crippen LogP) is 0.896. The van der Waals surface area contributed by atoms with E-state index < -0.39 is 10.0 Å². The Morgan fingerprint density at radius 3 is 2.68 bits per heavy atom. The molecule has 1 aliphatic carbocycles. The molecule has 0 bridgehead atoms. The first-order valence-electron chi connectivity index (χ1n) is 6.12. The van der Waals surface area contributed by atoms with Gasteiger partial charge in [0.05, 0.1) is 11.8 Å². The lowest BCUT2D eigenvalue weighted by atomic mass is 10.2. The number of primary sulfonamides is 1. The van der Waals surface area contributed by atoms with Crippen LogP contribution < -0.4 is 16.2 Å². The van der Waals surface area contributed by atoms with E-state index in [-0.39, 0.29) is 17.0 Å². The molecule has 19 heavy (non-hydrogen) atoms. The summed E-state index contributed by atoms with van der Waals surface area (Å²) in [5.74, 6) is 0. The molecule has 1 saturated carbocycles. The van der Waals surface area contributed by atoms with Crippen LogP contribution in [0.3, 0.4) is 0 Å². The number of methoxy groups -OCH3 is 1. The minimum Gasteiger partial charge on any atom is -0.399 e. The fraction of sp³-hybridized carbons (Fsp3) is 0.500. The molecule has 0 amide bonds. The second-order valence-corrected chi connectivity index (χ2v) is 6.34. The molecule has 2 rings (SSSR count). The number of anilines is 2. The smallest absolute Gasteiger partial charge is 0.240 e. The molecule has 2 unspecified atom stereocenters. The predicted molar refractivity (Wildman–Crippen MR) is 74.3 cm³/mol. The molecule has 6 nitrogen and oxygen atoms in total. The molecule has 1 aromatic carbocycles. The van der Waals surface area contributed by atoms with E-state index in [1.54, 1.807) is 19.2 Å². The molecule has 2 atom stereocenters. The first-order chi connectivity index (χ1) is 8.90. The van der Waals surface area contributed by atoms with E-state index in [4.69, 9.17) is 15.6 Å². The van der Waals surface area contributed by atoms with Crippen LogP contribution in [0.1, 0.15) is 19.3 Å². The highest BCUT2D eigenvalue weighted by Gasteiger charge is 2.25. The van der Waals surface area contributed by atoms with Crippen molar-refractivity contribution in [3.8, 4) is 0 Å². The first-order valence-corrected chi connectivity index (χ1v) is 7.66. The average Bonchev–Trinajstić information content (AvgIpc) is 2.78. The topological polar surface area (TPSA) is 107 Å². The zero-order valence-electron chi connectivity index (χ0n) is 10.8. The van der Waals surface area contributed by atoms with Gasteiger partial charge in [-0.25, -0.2) is 13.6 Å². The molecule has 7 heteroatoms. The largest absolute Gasteiger partial charge is 0.399 e. The molecule has 1 aromatic rings. The number of sulfonamides is 1. The standard InChI is InChI=1S/C12H19N3O3S/c1-18-10-4-3-9(7-10)15-11-5-2-8(13)6-12(11)19(14,16)17/h2,5-6,9-10,15H,3-4,7,13H2,1H3,(H2,14,16,17). The number of hydrogen-bond donors (Lipinski definition) is 3. The zero-order chi connectivity index (χ0) is 14.0. The number of hydrogen-bond acceptors (Lipinski definition) is 5. The number of ether oxygens (including phenoxy) is 1. The van der Waals surface area contributed by atoms with E-state index in [2.05, 4.69) is 5.32 Å². The molecule has 0 aliphatic heterocycles. The van der Waals surface area contributed by atoms with Gasteiger partial charge in [-0.05, 0) is 37.5 Å². The van der Waals surface area contributed by atoms with Crippen molar-refractivity contribution in [1.82, 2.24) is 0 Å². The lowest BCUT2D eigenvalue weighted by Gasteiger charge is -2.17. The van der Waals surface area contributed by atoms with Crippen LogP contribution in [-0.4, -0.2) is 27.7 Å². The third kappa shape index (κ3) is 3.37. The highest BCUT2D eigenvalue weighted by Crippen LogP contribution is 2.28. The van der Waals surface area contributed by atoms with Gasteiger partial charge in [-0.1, -0.05) is 0 Å². The average molecular weight is 285 g/mol. The lowest BCUT2D eigenvalue weighted by Crippen LogP contribution is -2.21. The van der Waals surface area contributed by atoms with Gasteiger partial charge in [0.1, 0.15) is 4.90 Å².